The Morgan fingerprint density at radius 2 is 2.43 bits per heavy atom. The van der Waals surface area contributed by atoms with E-state index in [4.69, 9.17) is 11.6 Å². The lowest BCUT2D eigenvalue weighted by Crippen LogP contribution is -2.44. The second kappa shape index (κ2) is 4.61. The van der Waals surface area contributed by atoms with Gasteiger partial charge in [-0.3, -0.25) is 5.43 Å². The number of hydrogen-bond acceptors (Lipinski definition) is 3. The smallest absolute Gasteiger partial charge is 0.203 e. The summed E-state index contributed by atoms with van der Waals surface area (Å²) in [6, 6.07) is 0. The first kappa shape index (κ1) is 11.3. The summed E-state index contributed by atoms with van der Waals surface area (Å²) in [6.07, 6.45) is 4.05. The van der Waals surface area contributed by atoms with Gasteiger partial charge in [-0.15, -0.1) is 0 Å². The second-order valence-electron chi connectivity index (χ2n) is 4.23. The monoisotopic (exact) mass is 200 g/mol. The molecule has 0 bridgehead atoms. The molecule has 82 valence electrons. The summed E-state index contributed by atoms with van der Waals surface area (Å²) in [6.45, 7) is 2.21. The van der Waals surface area contributed by atoms with Crippen molar-refractivity contribution in [2.24, 2.45) is 22.5 Å². The van der Waals surface area contributed by atoms with Crippen LogP contribution in [0.5, 0.6) is 0 Å². The van der Waals surface area contributed by atoms with E-state index in [1.165, 1.54) is 6.42 Å². The Kier molecular flexibility index (Phi) is 3.71. The Hall–Kier alpha value is -0.810. The fourth-order valence-electron chi connectivity index (χ4n) is 2.20. The van der Waals surface area contributed by atoms with E-state index in [2.05, 4.69) is 17.3 Å². The predicted octanol–water partition coefficient (Wildman–Crippen LogP) is -0.294. The number of hydrazine groups is 1. The van der Waals surface area contributed by atoms with Crippen LogP contribution in [0.15, 0.2) is 4.99 Å². The highest BCUT2D eigenvalue weighted by Crippen LogP contribution is 2.34. The van der Waals surface area contributed by atoms with E-state index in [9.17, 15) is 5.11 Å². The van der Waals surface area contributed by atoms with Gasteiger partial charge in [-0.2, -0.15) is 0 Å². The molecule has 2 atom stereocenters. The van der Waals surface area contributed by atoms with Crippen LogP contribution in [0, 0.1) is 5.92 Å². The van der Waals surface area contributed by atoms with Gasteiger partial charge in [-0.05, 0) is 18.8 Å². The van der Waals surface area contributed by atoms with Gasteiger partial charge in [0.05, 0.1) is 12.1 Å². The molecule has 1 aliphatic carbocycles. The van der Waals surface area contributed by atoms with E-state index < -0.39 is 5.54 Å². The lowest BCUT2D eigenvalue weighted by Gasteiger charge is -2.35. The molecule has 0 heterocycles. The molecule has 0 aromatic rings. The van der Waals surface area contributed by atoms with Gasteiger partial charge >= 0.3 is 0 Å². The summed E-state index contributed by atoms with van der Waals surface area (Å²) < 4.78 is 0. The van der Waals surface area contributed by atoms with Crippen LogP contribution in [0.25, 0.3) is 0 Å². The van der Waals surface area contributed by atoms with Crippen molar-refractivity contribution >= 4 is 5.96 Å². The van der Waals surface area contributed by atoms with Gasteiger partial charge in [0.25, 0.3) is 0 Å². The second-order valence-corrected chi connectivity index (χ2v) is 4.23. The van der Waals surface area contributed by atoms with Gasteiger partial charge in [0.15, 0.2) is 0 Å². The van der Waals surface area contributed by atoms with Gasteiger partial charge in [0.1, 0.15) is 0 Å². The van der Waals surface area contributed by atoms with Gasteiger partial charge in [0.2, 0.25) is 5.96 Å². The number of nitrogens with zero attached hydrogens (tertiary/aromatic N) is 1. The minimum Gasteiger partial charge on any atom is -0.394 e. The highest BCUT2D eigenvalue weighted by Gasteiger charge is 2.34. The molecule has 14 heavy (non-hydrogen) atoms. The number of aliphatic imine (C=N–C) groups is 1. The number of aliphatic hydroxyl groups is 1. The molecular weight excluding hydrogens is 180 g/mol. The topological polar surface area (TPSA) is 96.7 Å². The molecule has 0 radical (unpaired) electrons. The third kappa shape index (κ3) is 2.59. The Morgan fingerprint density at radius 3 is 2.93 bits per heavy atom. The van der Waals surface area contributed by atoms with E-state index in [1.54, 1.807) is 0 Å². The van der Waals surface area contributed by atoms with Crippen molar-refractivity contribution in [1.82, 2.24) is 5.43 Å². The molecule has 0 saturated heterocycles. The van der Waals surface area contributed by atoms with Crippen LogP contribution in [-0.2, 0) is 0 Å². The van der Waals surface area contributed by atoms with E-state index in [0.29, 0.717) is 5.92 Å². The molecule has 5 nitrogen and oxygen atoms in total. The Labute approximate surface area is 84.5 Å². The summed E-state index contributed by atoms with van der Waals surface area (Å²) in [5.74, 6) is 5.94. The number of nitrogens with one attached hydrogen (secondary N) is 1. The average molecular weight is 200 g/mol. The molecule has 6 N–H and O–H groups in total. The van der Waals surface area contributed by atoms with Gasteiger partial charge < -0.3 is 10.8 Å². The van der Waals surface area contributed by atoms with Crippen LogP contribution in [0.1, 0.15) is 32.6 Å². The van der Waals surface area contributed by atoms with E-state index in [1.807, 2.05) is 0 Å². The molecule has 0 aromatic heterocycles. The summed E-state index contributed by atoms with van der Waals surface area (Å²) in [5, 5.41) is 9.37. The minimum atomic E-state index is -0.409. The van der Waals surface area contributed by atoms with E-state index in [-0.39, 0.29) is 12.6 Å². The van der Waals surface area contributed by atoms with Crippen molar-refractivity contribution in [3.8, 4) is 0 Å². The average Bonchev–Trinajstić information content (AvgIpc) is 2.17. The molecule has 1 fully saturated rings. The number of hydrogen-bond donors (Lipinski definition) is 4. The molecule has 1 rings (SSSR count). The van der Waals surface area contributed by atoms with Crippen molar-refractivity contribution in [2.75, 3.05) is 6.61 Å². The minimum absolute atomic E-state index is 0.0414. The number of aliphatic hydroxyl groups excluding tert-OH is 1. The van der Waals surface area contributed by atoms with Crippen LogP contribution in [0.2, 0.25) is 0 Å². The fourth-order valence-corrected chi connectivity index (χ4v) is 2.20. The quantitative estimate of drug-likeness (QED) is 0.213. The van der Waals surface area contributed by atoms with Gasteiger partial charge in [0, 0.05) is 0 Å². The maximum atomic E-state index is 9.37. The van der Waals surface area contributed by atoms with Crippen molar-refractivity contribution in [1.29, 1.82) is 0 Å². The van der Waals surface area contributed by atoms with Gasteiger partial charge in [-0.25, -0.2) is 10.8 Å². The van der Waals surface area contributed by atoms with Crippen LogP contribution in [0.4, 0.5) is 0 Å². The first-order valence-corrected chi connectivity index (χ1v) is 5.05. The highest BCUT2D eigenvalue weighted by molar-refractivity contribution is 5.77. The molecule has 0 aromatic carbocycles. The first-order valence-electron chi connectivity index (χ1n) is 5.05. The number of nitrogens with two attached hydrogens (primary N) is 2. The molecule has 2 unspecified atom stereocenters. The maximum absolute atomic E-state index is 9.37. The van der Waals surface area contributed by atoms with Crippen LogP contribution in [-0.4, -0.2) is 23.2 Å². The van der Waals surface area contributed by atoms with Crippen molar-refractivity contribution in [3.05, 3.63) is 0 Å². The van der Waals surface area contributed by atoms with Crippen molar-refractivity contribution < 1.29 is 5.11 Å². The Balaban J connectivity index is 2.74. The molecule has 0 amide bonds. The third-order valence-corrected chi connectivity index (χ3v) is 2.87. The number of guanidine groups is 1. The summed E-state index contributed by atoms with van der Waals surface area (Å²) in [4.78, 5) is 4.26. The molecule has 1 saturated carbocycles. The molecule has 0 aliphatic heterocycles. The van der Waals surface area contributed by atoms with Crippen LogP contribution < -0.4 is 17.0 Å². The zero-order chi connectivity index (χ0) is 10.6. The van der Waals surface area contributed by atoms with Crippen molar-refractivity contribution in [2.45, 2.75) is 38.1 Å². The van der Waals surface area contributed by atoms with E-state index in [0.717, 1.165) is 19.3 Å². The summed E-state index contributed by atoms with van der Waals surface area (Å²) >= 11 is 0. The third-order valence-electron chi connectivity index (χ3n) is 2.87. The maximum Gasteiger partial charge on any atom is 0.203 e. The normalized spacial score (nSPS) is 34.2. The molecular formula is C9H20N4O. The number of rotatable bonds is 2. The lowest BCUT2D eigenvalue weighted by molar-refractivity contribution is 0.135. The Morgan fingerprint density at radius 1 is 1.71 bits per heavy atom. The SMILES string of the molecule is CC1CCCC(CO)(N=C(N)NN)C1. The first-order chi connectivity index (χ1) is 6.62. The van der Waals surface area contributed by atoms with Crippen molar-refractivity contribution in [3.63, 3.8) is 0 Å². The van der Waals surface area contributed by atoms with E-state index >= 15 is 0 Å². The standard InChI is InChI=1S/C9H20N4O/c1-7-3-2-4-9(5-7,6-14)12-8(10)13-11/h7,14H,2-6,11H2,1H3,(H3,10,12,13). The highest BCUT2D eigenvalue weighted by atomic mass is 16.3. The van der Waals surface area contributed by atoms with Crippen LogP contribution >= 0.6 is 0 Å². The molecule has 0 spiro atoms. The fraction of sp³-hybridized carbons (Fsp3) is 0.889. The van der Waals surface area contributed by atoms with Crippen LogP contribution in [0.3, 0.4) is 0 Å². The zero-order valence-corrected chi connectivity index (χ0v) is 8.66. The Bertz CT molecular complexity index is 219. The molecule has 5 heteroatoms. The summed E-state index contributed by atoms with van der Waals surface area (Å²) in [7, 11) is 0. The predicted molar refractivity (Wildman–Crippen MR) is 56.4 cm³/mol. The molecule has 1 aliphatic rings. The lowest BCUT2D eigenvalue weighted by atomic mass is 9.77. The van der Waals surface area contributed by atoms with Gasteiger partial charge in [-0.1, -0.05) is 19.8 Å². The largest absolute Gasteiger partial charge is 0.394 e. The zero-order valence-electron chi connectivity index (χ0n) is 8.66. The summed E-state index contributed by atoms with van der Waals surface area (Å²) in [5.41, 5.74) is 7.41.